The van der Waals surface area contributed by atoms with Crippen molar-refractivity contribution in [3.8, 4) is 0 Å². The molecular weight excluding hydrogens is 410 g/mol. The van der Waals surface area contributed by atoms with Crippen LogP contribution in [0.5, 0.6) is 0 Å². The Bertz CT molecular complexity index is 1220. The second kappa shape index (κ2) is 8.70. The summed E-state index contributed by atoms with van der Waals surface area (Å²) in [6.45, 7) is 0.0193. The molecule has 1 heterocycles. The van der Waals surface area contributed by atoms with Crippen LogP contribution in [0, 0.1) is 0 Å². The Hall–Kier alpha value is -3.51. The van der Waals surface area contributed by atoms with Crippen LogP contribution in [0.3, 0.4) is 0 Å². The molecule has 0 aliphatic carbocycles. The Labute approximate surface area is 181 Å². The van der Waals surface area contributed by atoms with E-state index >= 15 is 0 Å². The first kappa shape index (κ1) is 20.8. The van der Waals surface area contributed by atoms with Crippen molar-refractivity contribution in [2.75, 3.05) is 0 Å². The number of amides is 2. The van der Waals surface area contributed by atoms with Gasteiger partial charge < -0.3 is 0 Å². The first-order valence-corrected chi connectivity index (χ1v) is 11.5. The average molecular weight is 432 g/mol. The third-order valence-corrected chi connectivity index (χ3v) is 7.28. The molecule has 156 valence electrons. The molecule has 1 saturated heterocycles. The highest BCUT2D eigenvalue weighted by Gasteiger charge is 2.45. The summed E-state index contributed by atoms with van der Waals surface area (Å²) in [7, 11) is -3.97. The minimum atomic E-state index is -3.97. The van der Waals surface area contributed by atoms with Crippen molar-refractivity contribution < 1.29 is 18.0 Å². The Morgan fingerprint density at radius 2 is 1.35 bits per heavy atom. The summed E-state index contributed by atoms with van der Waals surface area (Å²) in [5.74, 6) is -1.15. The van der Waals surface area contributed by atoms with Crippen LogP contribution >= 0.6 is 0 Å². The van der Waals surface area contributed by atoms with Gasteiger partial charge >= 0.3 is 0 Å². The summed E-state index contributed by atoms with van der Waals surface area (Å²) in [5, 5.41) is -1.36. The number of rotatable bonds is 5. The van der Waals surface area contributed by atoms with Gasteiger partial charge in [-0.1, -0.05) is 78.9 Å². The largest absolute Gasteiger partial charge is 0.273 e. The maximum atomic E-state index is 13.3. The predicted molar refractivity (Wildman–Crippen MR) is 118 cm³/mol. The van der Waals surface area contributed by atoms with E-state index in [-0.39, 0.29) is 17.9 Å². The number of likely N-dealkylation sites (tertiary alicyclic amines) is 1. The van der Waals surface area contributed by atoms with E-state index in [1.54, 1.807) is 36.4 Å². The number of sulfone groups is 1. The molecular formula is C25H21NO4S. The number of nitrogens with zero attached hydrogens (tertiary/aromatic N) is 1. The lowest BCUT2D eigenvalue weighted by atomic mass is 9.99. The molecule has 0 spiro atoms. The van der Waals surface area contributed by atoms with Crippen LogP contribution in [0.25, 0.3) is 6.08 Å². The van der Waals surface area contributed by atoms with Crippen LogP contribution in [-0.4, -0.2) is 30.4 Å². The van der Waals surface area contributed by atoms with Gasteiger partial charge in [0, 0.05) is 12.0 Å². The number of carbonyl (C=O) groups excluding carboxylic acids is 2. The van der Waals surface area contributed by atoms with Gasteiger partial charge in [0.25, 0.3) is 5.91 Å². The van der Waals surface area contributed by atoms with Gasteiger partial charge in [0.1, 0.15) is 5.25 Å². The van der Waals surface area contributed by atoms with E-state index in [4.69, 9.17) is 0 Å². The first-order chi connectivity index (χ1) is 15.0. The van der Waals surface area contributed by atoms with E-state index < -0.39 is 26.9 Å². The number of benzene rings is 3. The van der Waals surface area contributed by atoms with Gasteiger partial charge in [-0.15, -0.1) is 0 Å². The van der Waals surface area contributed by atoms with Crippen molar-refractivity contribution >= 4 is 27.7 Å². The van der Waals surface area contributed by atoms with Crippen molar-refractivity contribution in [2.45, 2.75) is 23.1 Å². The SMILES string of the molecule is O=C1/C(=C/c2ccccc2)CC(S(=O)(=O)c2ccccc2)C(=O)N1Cc1ccccc1. The molecule has 1 aliphatic heterocycles. The van der Waals surface area contributed by atoms with Crippen molar-refractivity contribution in [3.05, 3.63) is 108 Å². The highest BCUT2D eigenvalue weighted by Crippen LogP contribution is 2.30. The Morgan fingerprint density at radius 1 is 0.806 bits per heavy atom. The minimum Gasteiger partial charge on any atom is -0.273 e. The van der Waals surface area contributed by atoms with E-state index in [0.29, 0.717) is 5.57 Å². The summed E-state index contributed by atoms with van der Waals surface area (Å²) in [6.07, 6.45) is 1.51. The fourth-order valence-electron chi connectivity index (χ4n) is 3.63. The lowest BCUT2D eigenvalue weighted by molar-refractivity contribution is -0.145. The molecule has 3 aromatic rings. The third kappa shape index (κ3) is 4.34. The maximum Gasteiger partial charge on any atom is 0.256 e. The highest BCUT2D eigenvalue weighted by atomic mass is 32.2. The van der Waals surface area contributed by atoms with E-state index in [2.05, 4.69) is 0 Å². The fourth-order valence-corrected chi connectivity index (χ4v) is 5.28. The van der Waals surface area contributed by atoms with Crippen LogP contribution in [0.1, 0.15) is 17.5 Å². The second-order valence-electron chi connectivity index (χ2n) is 7.35. The zero-order valence-corrected chi connectivity index (χ0v) is 17.5. The summed E-state index contributed by atoms with van der Waals surface area (Å²) < 4.78 is 26.6. The molecule has 31 heavy (non-hydrogen) atoms. The standard InChI is InChI=1S/C25H21NO4S/c27-24-21(16-19-10-4-1-5-11-19)17-23(31(29,30)22-14-8-3-9-15-22)25(28)26(24)18-20-12-6-2-7-13-20/h1-16,23H,17-18H2/b21-16+. The molecule has 0 bridgehead atoms. The molecule has 4 rings (SSSR count). The van der Waals surface area contributed by atoms with Crippen molar-refractivity contribution in [1.29, 1.82) is 0 Å². The molecule has 0 aromatic heterocycles. The smallest absolute Gasteiger partial charge is 0.256 e. The molecule has 6 heteroatoms. The number of hydrogen-bond donors (Lipinski definition) is 0. The summed E-state index contributed by atoms with van der Waals surface area (Å²) in [6, 6.07) is 26.2. The number of hydrogen-bond acceptors (Lipinski definition) is 4. The van der Waals surface area contributed by atoms with Gasteiger partial charge in [0.2, 0.25) is 5.91 Å². The molecule has 0 saturated carbocycles. The average Bonchev–Trinajstić information content (AvgIpc) is 2.80. The quantitative estimate of drug-likeness (QED) is 0.454. The van der Waals surface area contributed by atoms with Crippen molar-refractivity contribution in [2.24, 2.45) is 0 Å². The molecule has 1 atom stereocenters. The number of imide groups is 1. The topological polar surface area (TPSA) is 71.5 Å². The fraction of sp³-hybridized carbons (Fsp3) is 0.120. The summed E-state index contributed by atoms with van der Waals surface area (Å²) in [5.41, 5.74) is 1.82. The van der Waals surface area contributed by atoms with Crippen molar-refractivity contribution in [3.63, 3.8) is 0 Å². The summed E-state index contributed by atoms with van der Waals surface area (Å²) >= 11 is 0. The lowest BCUT2D eigenvalue weighted by Crippen LogP contribution is -2.51. The van der Waals surface area contributed by atoms with Crippen molar-refractivity contribution in [1.82, 2.24) is 4.90 Å². The van der Waals surface area contributed by atoms with E-state index in [9.17, 15) is 18.0 Å². The van der Waals surface area contributed by atoms with Gasteiger partial charge in [-0.3, -0.25) is 14.5 Å². The Kier molecular flexibility index (Phi) is 5.82. The zero-order chi connectivity index (χ0) is 21.8. The lowest BCUT2D eigenvalue weighted by Gasteiger charge is -2.32. The molecule has 0 radical (unpaired) electrons. The predicted octanol–water partition coefficient (Wildman–Crippen LogP) is 3.87. The minimum absolute atomic E-state index is 0.0193. The molecule has 3 aromatic carbocycles. The first-order valence-electron chi connectivity index (χ1n) is 9.91. The van der Waals surface area contributed by atoms with E-state index in [1.807, 2.05) is 48.5 Å². The molecule has 5 nitrogen and oxygen atoms in total. The van der Waals surface area contributed by atoms with Crippen LogP contribution in [0.15, 0.2) is 101 Å². The van der Waals surface area contributed by atoms with Crippen LogP contribution in [0.4, 0.5) is 0 Å². The third-order valence-electron chi connectivity index (χ3n) is 5.24. The second-order valence-corrected chi connectivity index (χ2v) is 9.48. The highest BCUT2D eigenvalue weighted by molar-refractivity contribution is 7.92. The van der Waals surface area contributed by atoms with E-state index in [0.717, 1.165) is 16.0 Å². The van der Waals surface area contributed by atoms with Crippen LogP contribution in [-0.2, 0) is 26.0 Å². The molecule has 1 unspecified atom stereocenters. The number of piperidine rings is 1. The van der Waals surface area contributed by atoms with Gasteiger partial charge in [0.05, 0.1) is 11.4 Å². The normalized spacial score (nSPS) is 18.4. The molecule has 2 amide bonds. The maximum absolute atomic E-state index is 13.3. The summed E-state index contributed by atoms with van der Waals surface area (Å²) in [4.78, 5) is 27.6. The van der Waals surface area contributed by atoms with Crippen LogP contribution in [0.2, 0.25) is 0 Å². The molecule has 1 aliphatic rings. The van der Waals surface area contributed by atoms with E-state index in [1.165, 1.54) is 12.1 Å². The van der Waals surface area contributed by atoms with Gasteiger partial charge in [0.15, 0.2) is 9.84 Å². The Balaban J connectivity index is 1.77. The van der Waals surface area contributed by atoms with Gasteiger partial charge in [-0.25, -0.2) is 8.42 Å². The zero-order valence-electron chi connectivity index (χ0n) is 16.7. The Morgan fingerprint density at radius 3 is 1.97 bits per heavy atom. The number of carbonyl (C=O) groups is 2. The molecule has 0 N–H and O–H groups in total. The van der Waals surface area contributed by atoms with Gasteiger partial charge in [-0.2, -0.15) is 0 Å². The molecule has 1 fully saturated rings. The monoisotopic (exact) mass is 431 g/mol. The van der Waals surface area contributed by atoms with Crippen LogP contribution < -0.4 is 0 Å². The van der Waals surface area contributed by atoms with Gasteiger partial charge in [-0.05, 0) is 29.3 Å².